The van der Waals surface area contributed by atoms with Crippen LogP contribution in [0.2, 0.25) is 5.02 Å². The monoisotopic (exact) mass is 394 g/mol. The Bertz CT molecular complexity index is 508. The van der Waals surface area contributed by atoms with Gasteiger partial charge in [0.1, 0.15) is 6.04 Å². The molecule has 1 aromatic rings. The predicted octanol–water partition coefficient (Wildman–Crippen LogP) is 3.10. The van der Waals surface area contributed by atoms with Gasteiger partial charge in [-0.05, 0) is 47.2 Å². The third-order valence-electron chi connectivity index (χ3n) is 2.19. The number of anilines is 1. The quantitative estimate of drug-likeness (QED) is 0.530. The van der Waals surface area contributed by atoms with Crippen LogP contribution in [0.4, 0.5) is 10.5 Å². The van der Waals surface area contributed by atoms with Crippen LogP contribution in [0.25, 0.3) is 0 Å². The van der Waals surface area contributed by atoms with Gasteiger partial charge in [0.25, 0.3) is 0 Å². The number of carboxylic acids is 1. The molecule has 7 heteroatoms. The lowest BCUT2D eigenvalue weighted by Gasteiger charge is -2.14. The summed E-state index contributed by atoms with van der Waals surface area (Å²) in [6, 6.07) is 3.39. The van der Waals surface area contributed by atoms with Crippen molar-refractivity contribution in [2.75, 3.05) is 5.32 Å². The fourth-order valence-electron chi connectivity index (χ4n) is 1.30. The lowest BCUT2D eigenvalue weighted by Crippen LogP contribution is -2.42. The number of amides is 2. The Balaban J connectivity index is 2.68. The predicted molar refractivity (Wildman–Crippen MR) is 82.6 cm³/mol. The van der Waals surface area contributed by atoms with Crippen LogP contribution in [0.5, 0.6) is 0 Å². The van der Waals surface area contributed by atoms with Crippen LogP contribution in [0.15, 0.2) is 30.9 Å². The van der Waals surface area contributed by atoms with E-state index in [1.165, 1.54) is 6.08 Å². The molecular formula is C12H12ClIN2O3. The minimum absolute atomic E-state index is 0.153. The molecule has 19 heavy (non-hydrogen) atoms. The second-order valence-corrected chi connectivity index (χ2v) is 5.24. The van der Waals surface area contributed by atoms with Gasteiger partial charge in [-0.15, -0.1) is 6.58 Å². The minimum Gasteiger partial charge on any atom is -0.480 e. The Morgan fingerprint density at radius 1 is 1.53 bits per heavy atom. The maximum Gasteiger partial charge on any atom is 0.326 e. The molecular weight excluding hydrogens is 383 g/mol. The van der Waals surface area contributed by atoms with Crippen molar-refractivity contribution in [3.63, 3.8) is 0 Å². The third-order valence-corrected chi connectivity index (χ3v) is 3.31. The highest BCUT2D eigenvalue weighted by Gasteiger charge is 2.18. The van der Waals surface area contributed by atoms with Crippen molar-refractivity contribution in [2.45, 2.75) is 12.5 Å². The fourth-order valence-corrected chi connectivity index (χ4v) is 2.30. The SMILES string of the molecule is C=CCC(NC(=O)Nc1ccc(Cl)cc1I)C(=O)O. The number of nitrogens with one attached hydrogen (secondary N) is 2. The van der Waals surface area contributed by atoms with Crippen molar-refractivity contribution in [1.29, 1.82) is 0 Å². The van der Waals surface area contributed by atoms with E-state index < -0.39 is 18.0 Å². The minimum atomic E-state index is -1.11. The molecule has 102 valence electrons. The Hall–Kier alpha value is -1.28. The van der Waals surface area contributed by atoms with Crippen molar-refractivity contribution in [3.05, 3.63) is 39.4 Å². The van der Waals surface area contributed by atoms with Gasteiger partial charge in [0.05, 0.1) is 5.69 Å². The van der Waals surface area contributed by atoms with Crippen molar-refractivity contribution in [1.82, 2.24) is 5.32 Å². The van der Waals surface area contributed by atoms with E-state index in [0.717, 1.165) is 3.57 Å². The molecule has 0 aromatic heterocycles. The second kappa shape index (κ2) is 7.34. The van der Waals surface area contributed by atoms with Crippen LogP contribution < -0.4 is 10.6 Å². The lowest BCUT2D eigenvalue weighted by molar-refractivity contribution is -0.139. The molecule has 0 bridgehead atoms. The summed E-state index contributed by atoms with van der Waals surface area (Å²) in [6.45, 7) is 3.45. The molecule has 0 spiro atoms. The molecule has 0 fully saturated rings. The van der Waals surface area contributed by atoms with E-state index in [2.05, 4.69) is 17.2 Å². The molecule has 0 heterocycles. The van der Waals surface area contributed by atoms with Crippen LogP contribution in [0.3, 0.4) is 0 Å². The number of aliphatic carboxylic acids is 1. The number of halogens is 2. The number of urea groups is 1. The average Bonchev–Trinajstić information content (AvgIpc) is 2.32. The topological polar surface area (TPSA) is 78.4 Å². The van der Waals surface area contributed by atoms with Gasteiger partial charge < -0.3 is 15.7 Å². The molecule has 0 radical (unpaired) electrons. The first kappa shape index (κ1) is 15.8. The first-order chi connectivity index (χ1) is 8.93. The summed E-state index contributed by atoms with van der Waals surface area (Å²) in [5.41, 5.74) is 0.560. The van der Waals surface area contributed by atoms with E-state index in [9.17, 15) is 9.59 Å². The number of carbonyl (C=O) groups is 2. The Labute approximate surface area is 129 Å². The van der Waals surface area contributed by atoms with Crippen LogP contribution in [0, 0.1) is 3.57 Å². The van der Waals surface area contributed by atoms with Crippen LogP contribution in [0.1, 0.15) is 6.42 Å². The van der Waals surface area contributed by atoms with Gasteiger partial charge in [0, 0.05) is 8.59 Å². The van der Waals surface area contributed by atoms with Crippen molar-refractivity contribution in [2.24, 2.45) is 0 Å². The molecule has 0 aliphatic rings. The third kappa shape index (κ3) is 5.07. The summed E-state index contributed by atoms with van der Waals surface area (Å²) in [6.07, 6.45) is 1.59. The van der Waals surface area contributed by atoms with Gasteiger partial charge >= 0.3 is 12.0 Å². The number of rotatable bonds is 5. The number of carbonyl (C=O) groups excluding carboxylic acids is 1. The van der Waals surface area contributed by atoms with Crippen molar-refractivity contribution in [3.8, 4) is 0 Å². The Morgan fingerprint density at radius 2 is 2.21 bits per heavy atom. The molecule has 3 N–H and O–H groups in total. The summed E-state index contributed by atoms with van der Waals surface area (Å²) in [4.78, 5) is 22.6. The van der Waals surface area contributed by atoms with Gasteiger partial charge in [0.2, 0.25) is 0 Å². The molecule has 0 saturated carbocycles. The van der Waals surface area contributed by atoms with E-state index in [1.807, 2.05) is 22.6 Å². The fraction of sp³-hybridized carbons (Fsp3) is 0.167. The summed E-state index contributed by atoms with van der Waals surface area (Å²) in [7, 11) is 0. The molecule has 0 aliphatic heterocycles. The van der Waals surface area contributed by atoms with Crippen LogP contribution in [-0.2, 0) is 4.79 Å². The Morgan fingerprint density at radius 3 is 2.74 bits per heavy atom. The highest BCUT2D eigenvalue weighted by atomic mass is 127. The van der Waals surface area contributed by atoms with Gasteiger partial charge in [-0.3, -0.25) is 0 Å². The zero-order valence-electron chi connectivity index (χ0n) is 9.82. The highest BCUT2D eigenvalue weighted by molar-refractivity contribution is 14.1. The maximum atomic E-state index is 11.7. The second-order valence-electron chi connectivity index (χ2n) is 3.64. The van der Waals surface area contributed by atoms with Gasteiger partial charge in [-0.25, -0.2) is 9.59 Å². The first-order valence-corrected chi connectivity index (χ1v) is 6.76. The Kier molecular flexibility index (Phi) is 6.10. The molecule has 5 nitrogen and oxygen atoms in total. The lowest BCUT2D eigenvalue weighted by atomic mass is 10.2. The van der Waals surface area contributed by atoms with E-state index in [4.69, 9.17) is 16.7 Å². The van der Waals surface area contributed by atoms with Crippen molar-refractivity contribution >= 4 is 51.9 Å². The maximum absolute atomic E-state index is 11.7. The number of hydrogen-bond donors (Lipinski definition) is 3. The van der Waals surface area contributed by atoms with E-state index >= 15 is 0 Å². The number of hydrogen-bond acceptors (Lipinski definition) is 2. The molecule has 1 atom stereocenters. The zero-order chi connectivity index (χ0) is 14.4. The van der Waals surface area contributed by atoms with Crippen molar-refractivity contribution < 1.29 is 14.7 Å². The summed E-state index contributed by atoms with van der Waals surface area (Å²) in [5.74, 6) is -1.11. The largest absolute Gasteiger partial charge is 0.480 e. The summed E-state index contributed by atoms with van der Waals surface area (Å²) < 4.78 is 0.760. The highest BCUT2D eigenvalue weighted by Crippen LogP contribution is 2.22. The van der Waals surface area contributed by atoms with E-state index in [0.29, 0.717) is 10.7 Å². The van der Waals surface area contributed by atoms with Gasteiger partial charge in [-0.1, -0.05) is 17.7 Å². The average molecular weight is 395 g/mol. The summed E-state index contributed by atoms with van der Waals surface area (Å²) in [5, 5.41) is 14.4. The molecule has 0 aliphatic carbocycles. The normalized spacial score (nSPS) is 11.5. The zero-order valence-corrected chi connectivity index (χ0v) is 12.7. The van der Waals surface area contributed by atoms with E-state index in [-0.39, 0.29) is 6.42 Å². The van der Waals surface area contributed by atoms with Gasteiger partial charge in [-0.2, -0.15) is 0 Å². The molecule has 1 aromatic carbocycles. The number of benzene rings is 1. The molecule has 1 rings (SSSR count). The summed E-state index contributed by atoms with van der Waals surface area (Å²) >= 11 is 7.82. The molecule has 2 amide bonds. The van der Waals surface area contributed by atoms with Crippen LogP contribution in [-0.4, -0.2) is 23.1 Å². The molecule has 1 unspecified atom stereocenters. The van der Waals surface area contributed by atoms with Gasteiger partial charge in [0.15, 0.2) is 0 Å². The first-order valence-electron chi connectivity index (χ1n) is 5.30. The smallest absolute Gasteiger partial charge is 0.326 e. The van der Waals surface area contributed by atoms with E-state index in [1.54, 1.807) is 18.2 Å². The molecule has 0 saturated heterocycles. The van der Waals surface area contributed by atoms with Crippen LogP contribution >= 0.6 is 34.2 Å². The standard InChI is InChI=1S/C12H12ClIN2O3/c1-2-3-10(11(17)18)16-12(19)15-9-5-4-7(13)6-8(9)14/h2,4-6,10H,1,3H2,(H,17,18)(H2,15,16,19). The number of carboxylic acid groups (broad SMARTS) is 1.